The Morgan fingerprint density at radius 2 is 1.48 bits per heavy atom. The van der Waals surface area contributed by atoms with Gasteiger partial charge in [-0.05, 0) is 55.7 Å². The second kappa shape index (κ2) is 8.89. The highest BCUT2D eigenvalue weighted by molar-refractivity contribution is 6.07. The van der Waals surface area contributed by atoms with E-state index in [1.807, 2.05) is 48.5 Å². The highest BCUT2D eigenvalue weighted by atomic mass is 16.5. The quantitative estimate of drug-likeness (QED) is 0.698. The highest BCUT2D eigenvalue weighted by Gasteiger charge is 2.23. The molecule has 31 heavy (non-hydrogen) atoms. The standard InChI is InChI=1S/C24H27N5O2/c30-24(25-18-8-10-19(11-9-18)28-14-16-31-17-15-28)22-23(29-12-4-1-5-13-29)27-21-7-3-2-6-20(21)26-22/h2-3,6-11H,1,4-5,12-17H2,(H,25,30). The molecule has 2 saturated heterocycles. The molecule has 160 valence electrons. The maximum absolute atomic E-state index is 13.2. The first-order chi connectivity index (χ1) is 15.3. The maximum Gasteiger partial charge on any atom is 0.278 e. The fourth-order valence-corrected chi connectivity index (χ4v) is 4.24. The van der Waals surface area contributed by atoms with Crippen LogP contribution in [0.3, 0.4) is 0 Å². The molecule has 0 spiro atoms. The van der Waals surface area contributed by atoms with Gasteiger partial charge in [0.2, 0.25) is 0 Å². The van der Waals surface area contributed by atoms with Gasteiger partial charge in [-0.15, -0.1) is 0 Å². The van der Waals surface area contributed by atoms with Gasteiger partial charge in [-0.1, -0.05) is 12.1 Å². The Kier molecular flexibility index (Phi) is 5.67. The number of rotatable bonds is 4. The van der Waals surface area contributed by atoms with Gasteiger partial charge < -0.3 is 19.9 Å². The topological polar surface area (TPSA) is 70.6 Å². The highest BCUT2D eigenvalue weighted by Crippen LogP contribution is 2.25. The number of amides is 1. The van der Waals surface area contributed by atoms with Crippen LogP contribution in [-0.4, -0.2) is 55.3 Å². The number of piperidine rings is 1. The van der Waals surface area contributed by atoms with Gasteiger partial charge in [0, 0.05) is 37.6 Å². The fraction of sp³-hybridized carbons (Fsp3) is 0.375. The van der Waals surface area contributed by atoms with Gasteiger partial charge in [0.1, 0.15) is 0 Å². The van der Waals surface area contributed by atoms with Crippen molar-refractivity contribution in [2.24, 2.45) is 0 Å². The monoisotopic (exact) mass is 417 g/mol. The number of carbonyl (C=O) groups excluding carboxylic acids is 1. The average molecular weight is 418 g/mol. The summed E-state index contributed by atoms with van der Waals surface area (Å²) in [7, 11) is 0. The van der Waals surface area contributed by atoms with E-state index in [1.54, 1.807) is 0 Å². The summed E-state index contributed by atoms with van der Waals surface area (Å²) in [5, 5.41) is 3.02. The van der Waals surface area contributed by atoms with E-state index in [0.717, 1.165) is 74.6 Å². The van der Waals surface area contributed by atoms with Crippen molar-refractivity contribution < 1.29 is 9.53 Å². The summed E-state index contributed by atoms with van der Waals surface area (Å²) in [5.41, 5.74) is 3.82. The molecule has 0 radical (unpaired) electrons. The summed E-state index contributed by atoms with van der Waals surface area (Å²) < 4.78 is 5.42. The van der Waals surface area contributed by atoms with Crippen LogP contribution in [-0.2, 0) is 4.74 Å². The molecule has 0 unspecified atom stereocenters. The average Bonchev–Trinajstić information content (AvgIpc) is 2.85. The van der Waals surface area contributed by atoms with Gasteiger partial charge in [0.25, 0.3) is 5.91 Å². The summed E-state index contributed by atoms with van der Waals surface area (Å²) in [6.45, 7) is 5.08. The summed E-state index contributed by atoms with van der Waals surface area (Å²) in [4.78, 5) is 27.2. The lowest BCUT2D eigenvalue weighted by atomic mass is 10.1. The van der Waals surface area contributed by atoms with Crippen LogP contribution in [0.1, 0.15) is 29.8 Å². The minimum absolute atomic E-state index is 0.224. The lowest BCUT2D eigenvalue weighted by Crippen LogP contribution is -2.36. The lowest BCUT2D eigenvalue weighted by molar-refractivity contribution is 0.102. The van der Waals surface area contributed by atoms with E-state index in [1.165, 1.54) is 6.42 Å². The van der Waals surface area contributed by atoms with Crippen LogP contribution in [0.2, 0.25) is 0 Å². The number of carbonyl (C=O) groups is 1. The number of nitrogens with zero attached hydrogens (tertiary/aromatic N) is 4. The van der Waals surface area contributed by atoms with Gasteiger partial charge in [0.05, 0.1) is 24.2 Å². The number of nitrogens with one attached hydrogen (secondary N) is 1. The molecule has 5 rings (SSSR count). The molecule has 2 fully saturated rings. The molecular weight excluding hydrogens is 390 g/mol. The Morgan fingerprint density at radius 3 is 2.19 bits per heavy atom. The van der Waals surface area contributed by atoms with Crippen LogP contribution in [0.4, 0.5) is 17.2 Å². The molecular formula is C24H27N5O2. The number of anilines is 3. The SMILES string of the molecule is O=C(Nc1ccc(N2CCOCC2)cc1)c1nc2ccccc2nc1N1CCCCC1. The fourth-order valence-electron chi connectivity index (χ4n) is 4.24. The van der Waals surface area contributed by atoms with Gasteiger partial charge in [-0.25, -0.2) is 9.97 Å². The van der Waals surface area contributed by atoms with Crippen molar-refractivity contribution in [1.29, 1.82) is 0 Å². The third-order valence-electron chi connectivity index (χ3n) is 5.92. The number of morpholine rings is 1. The molecule has 0 atom stereocenters. The van der Waals surface area contributed by atoms with Gasteiger partial charge in [0.15, 0.2) is 11.5 Å². The minimum atomic E-state index is -0.224. The van der Waals surface area contributed by atoms with E-state index in [9.17, 15) is 4.79 Å². The summed E-state index contributed by atoms with van der Waals surface area (Å²) in [6, 6.07) is 15.7. The Bertz CT molecular complexity index is 1060. The minimum Gasteiger partial charge on any atom is -0.378 e. The number of aromatic nitrogens is 2. The van der Waals surface area contributed by atoms with Gasteiger partial charge in [-0.2, -0.15) is 0 Å². The van der Waals surface area contributed by atoms with Crippen molar-refractivity contribution in [1.82, 2.24) is 9.97 Å². The van der Waals surface area contributed by atoms with Crippen LogP contribution in [0.5, 0.6) is 0 Å². The van der Waals surface area contributed by atoms with E-state index in [-0.39, 0.29) is 5.91 Å². The van der Waals surface area contributed by atoms with E-state index in [2.05, 4.69) is 15.1 Å². The first-order valence-corrected chi connectivity index (χ1v) is 11.0. The zero-order valence-corrected chi connectivity index (χ0v) is 17.6. The first-order valence-electron chi connectivity index (χ1n) is 11.0. The van der Waals surface area contributed by atoms with Crippen molar-refractivity contribution in [2.45, 2.75) is 19.3 Å². The maximum atomic E-state index is 13.2. The molecule has 7 heteroatoms. The zero-order chi connectivity index (χ0) is 21.0. The van der Waals surface area contributed by atoms with E-state index in [4.69, 9.17) is 14.7 Å². The predicted molar refractivity (Wildman–Crippen MR) is 123 cm³/mol. The smallest absolute Gasteiger partial charge is 0.278 e. The number of para-hydroxylation sites is 2. The molecule has 2 aromatic carbocycles. The number of hydrogen-bond donors (Lipinski definition) is 1. The lowest BCUT2D eigenvalue weighted by Gasteiger charge is -2.29. The summed E-state index contributed by atoms with van der Waals surface area (Å²) >= 11 is 0. The Labute approximate surface area is 182 Å². The second-order valence-electron chi connectivity index (χ2n) is 8.03. The van der Waals surface area contributed by atoms with Crippen molar-refractivity contribution in [3.05, 3.63) is 54.2 Å². The van der Waals surface area contributed by atoms with Crippen molar-refractivity contribution >= 4 is 34.1 Å². The molecule has 1 N–H and O–H groups in total. The number of benzene rings is 2. The van der Waals surface area contributed by atoms with Gasteiger partial charge >= 0.3 is 0 Å². The molecule has 2 aliphatic rings. The van der Waals surface area contributed by atoms with Crippen molar-refractivity contribution in [2.75, 3.05) is 54.5 Å². The molecule has 0 saturated carbocycles. The molecule has 7 nitrogen and oxygen atoms in total. The summed E-state index contributed by atoms with van der Waals surface area (Å²) in [6.07, 6.45) is 3.44. The molecule has 3 aromatic rings. The molecule has 3 heterocycles. The van der Waals surface area contributed by atoms with Crippen LogP contribution in [0.25, 0.3) is 11.0 Å². The predicted octanol–water partition coefficient (Wildman–Crippen LogP) is 3.71. The van der Waals surface area contributed by atoms with Gasteiger partial charge in [-0.3, -0.25) is 4.79 Å². The van der Waals surface area contributed by atoms with Crippen LogP contribution >= 0.6 is 0 Å². The molecule has 0 aliphatic carbocycles. The third-order valence-corrected chi connectivity index (χ3v) is 5.92. The Morgan fingerprint density at radius 1 is 0.806 bits per heavy atom. The molecule has 1 amide bonds. The summed E-state index contributed by atoms with van der Waals surface area (Å²) in [5.74, 6) is 0.457. The van der Waals surface area contributed by atoms with Crippen LogP contribution in [0.15, 0.2) is 48.5 Å². The third kappa shape index (κ3) is 4.32. The van der Waals surface area contributed by atoms with Crippen molar-refractivity contribution in [3.63, 3.8) is 0 Å². The van der Waals surface area contributed by atoms with E-state index in [0.29, 0.717) is 11.5 Å². The first kappa shape index (κ1) is 19.8. The Hall–Kier alpha value is -3.19. The molecule has 2 aliphatic heterocycles. The largest absolute Gasteiger partial charge is 0.378 e. The van der Waals surface area contributed by atoms with Crippen LogP contribution in [0, 0.1) is 0 Å². The second-order valence-corrected chi connectivity index (χ2v) is 8.03. The Balaban J connectivity index is 1.40. The van der Waals surface area contributed by atoms with Crippen LogP contribution < -0.4 is 15.1 Å². The number of hydrogen-bond acceptors (Lipinski definition) is 6. The molecule has 1 aromatic heterocycles. The number of ether oxygens (including phenoxy) is 1. The van der Waals surface area contributed by atoms with E-state index < -0.39 is 0 Å². The van der Waals surface area contributed by atoms with E-state index >= 15 is 0 Å². The zero-order valence-electron chi connectivity index (χ0n) is 17.6. The molecule has 0 bridgehead atoms. The number of fused-ring (bicyclic) bond motifs is 1. The van der Waals surface area contributed by atoms with Crippen molar-refractivity contribution in [3.8, 4) is 0 Å². The normalized spacial score (nSPS) is 17.0.